The molecule has 0 aliphatic carbocycles. The molecule has 2 amide bonds. The molecule has 27 heavy (non-hydrogen) atoms. The zero-order chi connectivity index (χ0) is 19.2. The molecule has 5 nitrogen and oxygen atoms in total. The van der Waals surface area contributed by atoms with Gasteiger partial charge in [-0.2, -0.15) is 0 Å². The summed E-state index contributed by atoms with van der Waals surface area (Å²) in [7, 11) is 0. The monoisotopic (exact) mass is 369 g/mol. The van der Waals surface area contributed by atoms with Crippen molar-refractivity contribution in [1.82, 2.24) is 9.80 Å². The van der Waals surface area contributed by atoms with Gasteiger partial charge in [0, 0.05) is 31.9 Å². The first-order valence-electron chi connectivity index (χ1n) is 9.11. The Kier molecular flexibility index (Phi) is 6.19. The second kappa shape index (κ2) is 8.77. The topological polar surface area (TPSA) is 52.7 Å². The fourth-order valence-corrected chi connectivity index (χ4v) is 3.08. The van der Waals surface area contributed by atoms with Gasteiger partial charge in [-0.05, 0) is 36.8 Å². The fourth-order valence-electron chi connectivity index (χ4n) is 3.08. The van der Waals surface area contributed by atoms with Crippen molar-refractivity contribution < 1.29 is 14.0 Å². The largest absolute Gasteiger partial charge is 0.340 e. The highest BCUT2D eigenvalue weighted by molar-refractivity contribution is 5.92. The van der Waals surface area contributed by atoms with Gasteiger partial charge in [-0.1, -0.05) is 29.8 Å². The predicted octanol–water partition coefficient (Wildman–Crippen LogP) is 2.46. The molecular weight excluding hydrogens is 345 g/mol. The standard InChI is InChI=1S/C21H24FN3O2/c1-16-2-8-19(9-3-16)23-20(26)15-24-10-12-25(13-11-24)21(27)14-17-4-6-18(22)7-5-17/h2-9H,10-15H2,1H3,(H,23,26). The van der Waals surface area contributed by atoms with E-state index in [4.69, 9.17) is 0 Å². The first kappa shape index (κ1) is 19.0. The Morgan fingerprint density at radius 3 is 2.22 bits per heavy atom. The number of rotatable bonds is 5. The average molecular weight is 369 g/mol. The number of amides is 2. The molecule has 2 aromatic rings. The summed E-state index contributed by atoms with van der Waals surface area (Å²) in [6, 6.07) is 13.7. The lowest BCUT2D eigenvalue weighted by Crippen LogP contribution is -2.50. The number of nitrogens with zero attached hydrogens (tertiary/aromatic N) is 2. The quantitative estimate of drug-likeness (QED) is 0.881. The Hall–Kier alpha value is -2.73. The van der Waals surface area contributed by atoms with Crippen molar-refractivity contribution in [1.29, 1.82) is 0 Å². The summed E-state index contributed by atoms with van der Waals surface area (Å²) in [6.45, 7) is 4.83. The molecule has 142 valence electrons. The molecule has 0 unspecified atom stereocenters. The van der Waals surface area contributed by atoms with Gasteiger partial charge in [0.15, 0.2) is 0 Å². The van der Waals surface area contributed by atoms with E-state index >= 15 is 0 Å². The van der Waals surface area contributed by atoms with E-state index in [0.717, 1.165) is 16.8 Å². The molecular formula is C21H24FN3O2. The smallest absolute Gasteiger partial charge is 0.238 e. The molecule has 0 bridgehead atoms. The lowest BCUT2D eigenvalue weighted by atomic mass is 10.1. The van der Waals surface area contributed by atoms with E-state index in [0.29, 0.717) is 32.7 Å². The van der Waals surface area contributed by atoms with Crippen LogP contribution in [0.4, 0.5) is 10.1 Å². The van der Waals surface area contributed by atoms with Gasteiger partial charge in [-0.25, -0.2) is 4.39 Å². The van der Waals surface area contributed by atoms with Gasteiger partial charge < -0.3 is 10.2 Å². The van der Waals surface area contributed by atoms with Gasteiger partial charge in [-0.3, -0.25) is 14.5 Å². The fraction of sp³-hybridized carbons (Fsp3) is 0.333. The molecule has 3 rings (SSSR count). The lowest BCUT2D eigenvalue weighted by molar-refractivity contribution is -0.132. The number of nitrogens with one attached hydrogen (secondary N) is 1. The van der Waals surface area contributed by atoms with E-state index in [9.17, 15) is 14.0 Å². The molecule has 1 aliphatic rings. The number of carbonyl (C=O) groups is 2. The molecule has 1 aliphatic heterocycles. The van der Waals surface area contributed by atoms with Crippen LogP contribution in [0.1, 0.15) is 11.1 Å². The number of halogens is 1. The third-order valence-corrected chi connectivity index (χ3v) is 4.70. The molecule has 0 aromatic heterocycles. The molecule has 0 saturated carbocycles. The minimum Gasteiger partial charge on any atom is -0.340 e. The summed E-state index contributed by atoms with van der Waals surface area (Å²) in [5, 5.41) is 2.90. The van der Waals surface area contributed by atoms with Crippen molar-refractivity contribution >= 4 is 17.5 Å². The normalized spacial score (nSPS) is 14.8. The average Bonchev–Trinajstić information content (AvgIpc) is 2.66. The third-order valence-electron chi connectivity index (χ3n) is 4.70. The van der Waals surface area contributed by atoms with Gasteiger partial charge in [0.1, 0.15) is 5.82 Å². The van der Waals surface area contributed by atoms with Crippen LogP contribution in [0.2, 0.25) is 0 Å². The molecule has 0 radical (unpaired) electrons. The van der Waals surface area contributed by atoms with Gasteiger partial charge in [0.05, 0.1) is 13.0 Å². The van der Waals surface area contributed by atoms with Crippen LogP contribution < -0.4 is 5.32 Å². The Labute approximate surface area is 158 Å². The van der Waals surface area contributed by atoms with E-state index in [2.05, 4.69) is 5.32 Å². The van der Waals surface area contributed by atoms with E-state index in [-0.39, 0.29) is 24.1 Å². The number of piperazine rings is 1. The number of anilines is 1. The van der Waals surface area contributed by atoms with E-state index in [1.54, 1.807) is 17.0 Å². The first-order chi connectivity index (χ1) is 13.0. The van der Waals surface area contributed by atoms with Gasteiger partial charge in [0.2, 0.25) is 11.8 Å². The molecule has 0 atom stereocenters. The third kappa shape index (κ3) is 5.62. The van der Waals surface area contributed by atoms with Crippen LogP contribution in [0.5, 0.6) is 0 Å². The highest BCUT2D eigenvalue weighted by atomic mass is 19.1. The highest BCUT2D eigenvalue weighted by Gasteiger charge is 2.22. The number of benzene rings is 2. The minimum atomic E-state index is -0.302. The molecule has 1 fully saturated rings. The zero-order valence-electron chi connectivity index (χ0n) is 15.5. The van der Waals surface area contributed by atoms with Crippen LogP contribution in [-0.2, 0) is 16.0 Å². The van der Waals surface area contributed by atoms with Gasteiger partial charge in [0.25, 0.3) is 0 Å². The molecule has 1 heterocycles. The second-order valence-electron chi connectivity index (χ2n) is 6.87. The van der Waals surface area contributed by atoms with Gasteiger partial charge in [-0.15, -0.1) is 0 Å². The van der Waals surface area contributed by atoms with Crippen molar-refractivity contribution in [3.05, 3.63) is 65.5 Å². The van der Waals surface area contributed by atoms with Crippen molar-refractivity contribution in [2.45, 2.75) is 13.3 Å². The number of hydrogen-bond donors (Lipinski definition) is 1. The molecule has 0 spiro atoms. The van der Waals surface area contributed by atoms with Crippen molar-refractivity contribution in [2.75, 3.05) is 38.0 Å². The molecule has 1 saturated heterocycles. The Balaban J connectivity index is 1.42. The Morgan fingerprint density at radius 2 is 1.59 bits per heavy atom. The highest BCUT2D eigenvalue weighted by Crippen LogP contribution is 2.10. The number of hydrogen-bond acceptors (Lipinski definition) is 3. The van der Waals surface area contributed by atoms with Crippen molar-refractivity contribution in [3.8, 4) is 0 Å². The van der Waals surface area contributed by atoms with Crippen LogP contribution >= 0.6 is 0 Å². The zero-order valence-corrected chi connectivity index (χ0v) is 15.5. The van der Waals surface area contributed by atoms with Gasteiger partial charge >= 0.3 is 0 Å². The van der Waals surface area contributed by atoms with E-state index < -0.39 is 0 Å². The minimum absolute atomic E-state index is 0.0327. The predicted molar refractivity (Wildman–Crippen MR) is 103 cm³/mol. The summed E-state index contributed by atoms with van der Waals surface area (Å²) in [5.41, 5.74) is 2.74. The maximum absolute atomic E-state index is 12.9. The summed E-state index contributed by atoms with van der Waals surface area (Å²) in [5.74, 6) is -0.320. The molecule has 6 heteroatoms. The van der Waals surface area contributed by atoms with Crippen LogP contribution in [-0.4, -0.2) is 54.3 Å². The van der Waals surface area contributed by atoms with Crippen LogP contribution in [0.15, 0.2) is 48.5 Å². The van der Waals surface area contributed by atoms with Crippen LogP contribution in [0.3, 0.4) is 0 Å². The summed E-state index contributed by atoms with van der Waals surface area (Å²) >= 11 is 0. The first-order valence-corrected chi connectivity index (χ1v) is 9.11. The summed E-state index contributed by atoms with van der Waals surface area (Å²) < 4.78 is 12.9. The van der Waals surface area contributed by atoms with E-state index in [1.807, 2.05) is 36.1 Å². The summed E-state index contributed by atoms with van der Waals surface area (Å²) in [4.78, 5) is 28.4. The van der Waals surface area contributed by atoms with E-state index in [1.165, 1.54) is 12.1 Å². The van der Waals surface area contributed by atoms with Crippen molar-refractivity contribution in [2.24, 2.45) is 0 Å². The number of carbonyl (C=O) groups excluding carboxylic acids is 2. The maximum Gasteiger partial charge on any atom is 0.238 e. The molecule has 2 aromatic carbocycles. The SMILES string of the molecule is Cc1ccc(NC(=O)CN2CCN(C(=O)Cc3ccc(F)cc3)CC2)cc1. The second-order valence-corrected chi connectivity index (χ2v) is 6.87. The van der Waals surface area contributed by atoms with Crippen LogP contribution in [0, 0.1) is 12.7 Å². The summed E-state index contributed by atoms with van der Waals surface area (Å²) in [6.07, 6.45) is 0.272. The maximum atomic E-state index is 12.9. The Bertz CT molecular complexity index is 782. The Morgan fingerprint density at radius 1 is 0.963 bits per heavy atom. The van der Waals surface area contributed by atoms with Crippen LogP contribution in [0.25, 0.3) is 0 Å². The molecule has 1 N–H and O–H groups in total. The lowest BCUT2D eigenvalue weighted by Gasteiger charge is -2.34. The van der Waals surface area contributed by atoms with Crippen molar-refractivity contribution in [3.63, 3.8) is 0 Å². The number of aryl methyl sites for hydroxylation is 1.